The first-order valence-electron chi connectivity index (χ1n) is 16.4. The smallest absolute Gasteiger partial charge is 0.135 e. The largest absolute Gasteiger partial charge is 0.456 e. The van der Waals surface area contributed by atoms with Gasteiger partial charge in [0.15, 0.2) is 0 Å². The number of nitrogens with zero attached hydrogens (tertiary/aromatic N) is 1. The van der Waals surface area contributed by atoms with Gasteiger partial charge in [-0.1, -0.05) is 133 Å². The predicted octanol–water partition coefficient (Wildman–Crippen LogP) is 12.7. The molecule has 0 spiro atoms. The molecule has 2 heterocycles. The van der Waals surface area contributed by atoms with Crippen LogP contribution in [0.15, 0.2) is 176 Å². The highest BCUT2D eigenvalue weighted by Gasteiger charge is 2.22. The van der Waals surface area contributed by atoms with Gasteiger partial charge in [0.2, 0.25) is 0 Å². The van der Waals surface area contributed by atoms with E-state index in [0.717, 1.165) is 17.1 Å². The third-order valence-corrected chi connectivity index (χ3v) is 9.82. The Morgan fingerprint density at radius 1 is 0.333 bits per heavy atom. The Morgan fingerprint density at radius 3 is 1.77 bits per heavy atom. The van der Waals surface area contributed by atoms with E-state index in [0.29, 0.717) is 0 Å². The van der Waals surface area contributed by atoms with Crippen LogP contribution in [0.4, 0.5) is 0 Å². The van der Waals surface area contributed by atoms with Gasteiger partial charge < -0.3 is 9.30 Å². The van der Waals surface area contributed by atoms with Crippen LogP contribution >= 0.6 is 0 Å². The molecular formula is C46H29NO. The first-order valence-corrected chi connectivity index (χ1v) is 16.4. The zero-order valence-corrected chi connectivity index (χ0v) is 26.1. The van der Waals surface area contributed by atoms with Gasteiger partial charge >= 0.3 is 0 Å². The van der Waals surface area contributed by atoms with E-state index in [1.54, 1.807) is 0 Å². The van der Waals surface area contributed by atoms with Crippen LogP contribution < -0.4 is 4.74 Å². The van der Waals surface area contributed by atoms with Crippen molar-refractivity contribution in [2.75, 3.05) is 0 Å². The molecule has 10 rings (SSSR count). The Bertz CT molecular complexity index is 2670. The average Bonchev–Trinajstić information content (AvgIpc) is 3.49. The van der Waals surface area contributed by atoms with Crippen molar-refractivity contribution in [1.82, 2.24) is 4.57 Å². The van der Waals surface area contributed by atoms with E-state index >= 15 is 0 Å². The van der Waals surface area contributed by atoms with Crippen LogP contribution in [0.2, 0.25) is 0 Å². The number of benzene rings is 8. The fraction of sp³-hybridized carbons (Fsp3) is 0. The minimum atomic E-state index is 0.893. The van der Waals surface area contributed by atoms with E-state index in [2.05, 4.69) is 180 Å². The molecule has 2 nitrogen and oxygen atoms in total. The Balaban J connectivity index is 1.04. The topological polar surface area (TPSA) is 14.2 Å². The van der Waals surface area contributed by atoms with Gasteiger partial charge in [0.1, 0.15) is 11.5 Å². The summed E-state index contributed by atoms with van der Waals surface area (Å²) in [7, 11) is 0. The molecular weight excluding hydrogens is 583 g/mol. The maximum Gasteiger partial charge on any atom is 0.135 e. The Labute approximate surface area is 278 Å². The average molecular weight is 612 g/mol. The highest BCUT2D eigenvalue weighted by Crippen LogP contribution is 2.49. The molecule has 0 bridgehead atoms. The number of para-hydroxylation sites is 2. The minimum Gasteiger partial charge on any atom is -0.456 e. The van der Waals surface area contributed by atoms with Crippen LogP contribution in [0.3, 0.4) is 0 Å². The molecule has 224 valence electrons. The molecule has 0 unspecified atom stereocenters. The van der Waals surface area contributed by atoms with Crippen LogP contribution in [0.1, 0.15) is 0 Å². The zero-order chi connectivity index (χ0) is 31.6. The lowest BCUT2D eigenvalue weighted by Gasteiger charge is -2.23. The van der Waals surface area contributed by atoms with E-state index in [1.165, 1.54) is 77.2 Å². The van der Waals surface area contributed by atoms with E-state index < -0.39 is 0 Å². The second-order valence-corrected chi connectivity index (χ2v) is 12.5. The van der Waals surface area contributed by atoms with Gasteiger partial charge in [0.25, 0.3) is 0 Å². The molecule has 0 saturated carbocycles. The number of rotatable bonds is 4. The van der Waals surface area contributed by atoms with E-state index in [4.69, 9.17) is 4.74 Å². The van der Waals surface area contributed by atoms with Gasteiger partial charge in [-0.25, -0.2) is 0 Å². The molecule has 1 aliphatic rings. The fourth-order valence-electron chi connectivity index (χ4n) is 7.54. The molecule has 0 atom stereocenters. The van der Waals surface area contributed by atoms with Gasteiger partial charge in [-0.05, 0) is 86.8 Å². The van der Waals surface area contributed by atoms with Crippen LogP contribution in [0.5, 0.6) is 11.5 Å². The van der Waals surface area contributed by atoms with Crippen LogP contribution in [0.25, 0.3) is 82.8 Å². The van der Waals surface area contributed by atoms with Crippen molar-refractivity contribution in [3.8, 4) is 61.7 Å². The maximum atomic E-state index is 6.50. The molecule has 0 N–H and O–H groups in total. The van der Waals surface area contributed by atoms with Crippen molar-refractivity contribution in [1.29, 1.82) is 0 Å². The quantitative estimate of drug-likeness (QED) is 0.193. The molecule has 0 aliphatic carbocycles. The summed E-state index contributed by atoms with van der Waals surface area (Å²) < 4.78 is 8.88. The van der Waals surface area contributed by atoms with Gasteiger partial charge in [-0.2, -0.15) is 0 Å². The molecule has 0 saturated heterocycles. The maximum absolute atomic E-state index is 6.50. The lowest BCUT2D eigenvalue weighted by Crippen LogP contribution is -1.98. The Morgan fingerprint density at radius 2 is 0.958 bits per heavy atom. The highest BCUT2D eigenvalue weighted by atomic mass is 16.5. The molecule has 9 aromatic rings. The molecule has 8 aromatic carbocycles. The summed E-state index contributed by atoms with van der Waals surface area (Å²) >= 11 is 0. The summed E-state index contributed by atoms with van der Waals surface area (Å²) in [4.78, 5) is 0. The summed E-state index contributed by atoms with van der Waals surface area (Å²) in [6.07, 6.45) is 0. The van der Waals surface area contributed by atoms with Crippen molar-refractivity contribution >= 4 is 32.6 Å². The summed E-state index contributed by atoms with van der Waals surface area (Å²) in [5.74, 6) is 1.80. The fourth-order valence-corrected chi connectivity index (χ4v) is 7.54. The monoisotopic (exact) mass is 611 g/mol. The van der Waals surface area contributed by atoms with Gasteiger partial charge in [0, 0.05) is 27.4 Å². The van der Waals surface area contributed by atoms with E-state index in [1.807, 2.05) is 0 Å². The van der Waals surface area contributed by atoms with Crippen LogP contribution in [0, 0.1) is 0 Å². The Hall–Kier alpha value is -6.38. The second-order valence-electron chi connectivity index (χ2n) is 12.5. The van der Waals surface area contributed by atoms with E-state index in [-0.39, 0.29) is 0 Å². The van der Waals surface area contributed by atoms with Gasteiger partial charge in [-0.15, -0.1) is 0 Å². The zero-order valence-electron chi connectivity index (χ0n) is 26.1. The highest BCUT2D eigenvalue weighted by molar-refractivity contribution is 6.11. The van der Waals surface area contributed by atoms with Crippen molar-refractivity contribution in [3.63, 3.8) is 0 Å². The number of fused-ring (bicyclic) bond motifs is 5. The van der Waals surface area contributed by atoms with Gasteiger partial charge in [-0.3, -0.25) is 0 Å². The standard InChI is InChI=1S/C46H29NO/c1-3-10-32(11-4-1)36-25-27-45-46-39(36)15-9-16-40(46)41-28-33(23-26-44(41)48-45)30-18-20-31(21-19-30)34-22-24-38-37-14-7-8-17-42(37)47(43(38)29-34)35-12-5-2-6-13-35/h1-29H. The van der Waals surface area contributed by atoms with E-state index in [9.17, 15) is 0 Å². The lowest BCUT2D eigenvalue weighted by atomic mass is 9.89. The molecule has 1 aliphatic heterocycles. The minimum absolute atomic E-state index is 0.893. The first kappa shape index (κ1) is 26.8. The molecule has 2 heteroatoms. The summed E-state index contributed by atoms with van der Waals surface area (Å²) in [5, 5.41) is 4.91. The summed E-state index contributed by atoms with van der Waals surface area (Å²) in [6, 6.07) is 63.1. The molecule has 48 heavy (non-hydrogen) atoms. The third-order valence-electron chi connectivity index (χ3n) is 9.82. The number of hydrogen-bond acceptors (Lipinski definition) is 1. The van der Waals surface area contributed by atoms with Crippen molar-refractivity contribution in [3.05, 3.63) is 176 Å². The second kappa shape index (κ2) is 10.6. The summed E-state index contributed by atoms with van der Waals surface area (Å²) in [6.45, 7) is 0. The molecule has 0 amide bonds. The van der Waals surface area contributed by atoms with Crippen LogP contribution in [-0.2, 0) is 0 Å². The van der Waals surface area contributed by atoms with Crippen molar-refractivity contribution in [2.45, 2.75) is 0 Å². The molecule has 0 radical (unpaired) electrons. The number of ether oxygens (including phenoxy) is 1. The SMILES string of the molecule is c1ccc(-c2ccc3c4c(cccc24)-c2cc(-c4ccc(-c5ccc6c7ccccc7n(-c7ccccc7)c6c5)cc4)ccc2O3)cc1. The number of aromatic nitrogens is 1. The Kier molecular flexibility index (Phi) is 5.91. The molecule has 0 fully saturated rings. The van der Waals surface area contributed by atoms with Crippen LogP contribution in [-0.4, -0.2) is 4.57 Å². The summed E-state index contributed by atoms with van der Waals surface area (Å²) in [5.41, 5.74) is 13.1. The first-order chi connectivity index (χ1) is 23.8. The third kappa shape index (κ3) is 4.13. The predicted molar refractivity (Wildman–Crippen MR) is 200 cm³/mol. The van der Waals surface area contributed by atoms with Gasteiger partial charge in [0.05, 0.1) is 11.0 Å². The normalized spacial score (nSPS) is 11.9. The lowest BCUT2D eigenvalue weighted by molar-refractivity contribution is 0.487. The molecule has 1 aromatic heterocycles. The van der Waals surface area contributed by atoms with Crippen molar-refractivity contribution in [2.24, 2.45) is 0 Å². The number of hydrogen-bond donors (Lipinski definition) is 0. The van der Waals surface area contributed by atoms with Crippen molar-refractivity contribution < 1.29 is 4.74 Å².